The molecule has 0 saturated heterocycles. The van der Waals surface area contributed by atoms with E-state index in [1.165, 1.54) is 23.1 Å². The number of nitrogens with one attached hydrogen (secondary N) is 2. The molecule has 0 atom stereocenters. The van der Waals surface area contributed by atoms with Crippen LogP contribution in [-0.2, 0) is 16.2 Å². The second-order valence-corrected chi connectivity index (χ2v) is 8.25. The molecule has 0 radical (unpaired) electrons. The van der Waals surface area contributed by atoms with E-state index in [1.54, 1.807) is 12.1 Å². The van der Waals surface area contributed by atoms with E-state index >= 15 is 0 Å². The van der Waals surface area contributed by atoms with Crippen molar-refractivity contribution in [1.29, 1.82) is 0 Å². The van der Waals surface area contributed by atoms with E-state index in [1.807, 2.05) is 73.7 Å². The van der Waals surface area contributed by atoms with Crippen LogP contribution in [0.1, 0.15) is 16.7 Å². The van der Waals surface area contributed by atoms with Gasteiger partial charge in [-0.1, -0.05) is 71.5 Å². The Hall–Kier alpha value is -4.37. The summed E-state index contributed by atoms with van der Waals surface area (Å²) in [7, 11) is 0. The van der Waals surface area contributed by atoms with Crippen LogP contribution < -0.4 is 15.5 Å². The maximum atomic E-state index is 12.1. The third-order valence-electron chi connectivity index (χ3n) is 4.66. The third kappa shape index (κ3) is 6.33. The summed E-state index contributed by atoms with van der Waals surface area (Å²) < 4.78 is 5.77. The highest BCUT2D eigenvalue weighted by Gasteiger charge is 2.16. The smallest absolute Gasteiger partial charge is 0.329 e. The van der Waals surface area contributed by atoms with E-state index in [9.17, 15) is 9.59 Å². The van der Waals surface area contributed by atoms with E-state index in [4.69, 9.17) is 4.74 Å². The minimum absolute atomic E-state index is 0.226. The molecule has 1 aromatic heterocycles. The molecule has 8 nitrogen and oxygen atoms in total. The first kappa shape index (κ1) is 22.8. The minimum atomic E-state index is -0.911. The molecule has 0 unspecified atom stereocenters. The predicted molar refractivity (Wildman–Crippen MR) is 132 cm³/mol. The Morgan fingerprint density at radius 1 is 0.941 bits per heavy atom. The highest BCUT2D eigenvalue weighted by molar-refractivity contribution is 7.18. The van der Waals surface area contributed by atoms with Crippen molar-refractivity contribution in [3.63, 3.8) is 0 Å². The van der Waals surface area contributed by atoms with Crippen molar-refractivity contribution in [2.24, 2.45) is 5.10 Å². The molecule has 0 aliphatic heterocycles. The SMILES string of the molecule is Cc1ccc(COc2ccc(/C=N/NC(=O)C(=O)Nc3nnc(-c4ccccc4)s3)cc2)cc1. The Bertz CT molecular complexity index is 1290. The summed E-state index contributed by atoms with van der Waals surface area (Å²) in [5.41, 5.74) is 6.10. The number of anilines is 1. The number of aromatic nitrogens is 2. The largest absolute Gasteiger partial charge is 0.489 e. The summed E-state index contributed by atoms with van der Waals surface area (Å²) in [6, 6.07) is 24.8. The zero-order valence-electron chi connectivity index (χ0n) is 18.3. The molecule has 0 aliphatic rings. The van der Waals surface area contributed by atoms with E-state index in [0.29, 0.717) is 17.4 Å². The number of rotatable bonds is 7. The van der Waals surface area contributed by atoms with E-state index in [2.05, 4.69) is 26.0 Å². The van der Waals surface area contributed by atoms with Crippen LogP contribution in [0.5, 0.6) is 5.75 Å². The van der Waals surface area contributed by atoms with Gasteiger partial charge in [0.25, 0.3) is 0 Å². The monoisotopic (exact) mass is 471 g/mol. The summed E-state index contributed by atoms with van der Waals surface area (Å²) in [5, 5.41) is 15.0. The molecule has 9 heteroatoms. The van der Waals surface area contributed by atoms with Gasteiger partial charge in [-0.3, -0.25) is 14.9 Å². The van der Waals surface area contributed by atoms with Gasteiger partial charge >= 0.3 is 11.8 Å². The van der Waals surface area contributed by atoms with Crippen molar-refractivity contribution >= 4 is 34.5 Å². The number of carbonyl (C=O) groups is 2. The van der Waals surface area contributed by atoms with Crippen molar-refractivity contribution in [2.45, 2.75) is 13.5 Å². The van der Waals surface area contributed by atoms with E-state index < -0.39 is 11.8 Å². The van der Waals surface area contributed by atoms with Crippen molar-refractivity contribution in [3.05, 3.63) is 95.6 Å². The Morgan fingerprint density at radius 2 is 1.68 bits per heavy atom. The maximum absolute atomic E-state index is 12.1. The summed E-state index contributed by atoms with van der Waals surface area (Å²) >= 11 is 1.17. The molecule has 0 aliphatic carbocycles. The lowest BCUT2D eigenvalue weighted by atomic mass is 10.2. The van der Waals surface area contributed by atoms with Crippen LogP contribution in [0.25, 0.3) is 10.6 Å². The van der Waals surface area contributed by atoms with Crippen LogP contribution in [0, 0.1) is 6.92 Å². The molecule has 4 aromatic rings. The van der Waals surface area contributed by atoms with Gasteiger partial charge in [0.05, 0.1) is 6.21 Å². The number of benzene rings is 3. The Balaban J connectivity index is 1.24. The molecular formula is C25H21N5O3S. The van der Waals surface area contributed by atoms with Crippen LogP contribution in [0.2, 0.25) is 0 Å². The quantitative estimate of drug-likeness (QED) is 0.239. The lowest BCUT2D eigenvalue weighted by Crippen LogP contribution is -2.32. The zero-order chi connectivity index (χ0) is 23.8. The van der Waals surface area contributed by atoms with Gasteiger partial charge in [-0.05, 0) is 42.3 Å². The minimum Gasteiger partial charge on any atom is -0.489 e. The second-order valence-electron chi connectivity index (χ2n) is 7.27. The third-order valence-corrected chi connectivity index (χ3v) is 5.55. The van der Waals surface area contributed by atoms with Gasteiger partial charge < -0.3 is 4.74 Å². The lowest BCUT2D eigenvalue weighted by Gasteiger charge is -2.06. The molecule has 0 spiro atoms. The first-order valence-corrected chi connectivity index (χ1v) is 11.2. The summed E-state index contributed by atoms with van der Waals surface area (Å²) in [6.07, 6.45) is 1.44. The molecule has 2 N–H and O–H groups in total. The van der Waals surface area contributed by atoms with E-state index in [-0.39, 0.29) is 5.13 Å². The standard InChI is InChI=1S/C25H21N5O3S/c1-17-7-9-19(10-8-17)16-33-21-13-11-18(12-14-21)15-26-28-23(32)22(31)27-25-30-29-24(34-25)20-5-3-2-4-6-20/h2-15H,16H2,1H3,(H,28,32)(H,27,30,31)/b26-15+. The highest BCUT2D eigenvalue weighted by Crippen LogP contribution is 2.25. The fourth-order valence-corrected chi connectivity index (χ4v) is 3.59. The van der Waals surface area contributed by atoms with Crippen LogP contribution in [0.3, 0.4) is 0 Å². The molecule has 2 amide bonds. The molecule has 0 saturated carbocycles. The molecule has 4 rings (SSSR count). The number of hydrogen-bond donors (Lipinski definition) is 2. The summed E-state index contributed by atoms with van der Waals surface area (Å²) in [6.45, 7) is 2.51. The normalized spacial score (nSPS) is 10.7. The molecule has 34 heavy (non-hydrogen) atoms. The Morgan fingerprint density at radius 3 is 2.41 bits per heavy atom. The first-order valence-electron chi connectivity index (χ1n) is 10.4. The fraction of sp³-hybridized carbons (Fsp3) is 0.0800. The van der Waals surface area contributed by atoms with Crippen LogP contribution in [0.4, 0.5) is 5.13 Å². The number of aryl methyl sites for hydroxylation is 1. The fourth-order valence-electron chi connectivity index (χ4n) is 2.84. The van der Waals surface area contributed by atoms with E-state index in [0.717, 1.165) is 16.7 Å². The van der Waals surface area contributed by atoms with Gasteiger partial charge in [0.1, 0.15) is 17.4 Å². The maximum Gasteiger partial charge on any atom is 0.329 e. The number of ether oxygens (including phenoxy) is 1. The lowest BCUT2D eigenvalue weighted by molar-refractivity contribution is -0.136. The van der Waals surface area contributed by atoms with Crippen molar-refractivity contribution in [1.82, 2.24) is 15.6 Å². The summed E-state index contributed by atoms with van der Waals surface area (Å²) in [4.78, 5) is 24.1. The number of hydrazone groups is 1. The van der Waals surface area contributed by atoms with Gasteiger partial charge in [0, 0.05) is 5.56 Å². The molecular weight excluding hydrogens is 450 g/mol. The summed E-state index contributed by atoms with van der Waals surface area (Å²) in [5.74, 6) is -1.08. The molecule has 170 valence electrons. The Kier molecular flexibility index (Phi) is 7.36. The average molecular weight is 472 g/mol. The van der Waals surface area contributed by atoms with Crippen molar-refractivity contribution in [2.75, 3.05) is 5.32 Å². The number of nitrogens with zero attached hydrogens (tertiary/aromatic N) is 3. The van der Waals surface area contributed by atoms with Crippen molar-refractivity contribution in [3.8, 4) is 16.3 Å². The van der Waals surface area contributed by atoms with Gasteiger partial charge in [-0.25, -0.2) is 5.43 Å². The second kappa shape index (κ2) is 11.0. The zero-order valence-corrected chi connectivity index (χ0v) is 19.1. The highest BCUT2D eigenvalue weighted by atomic mass is 32.1. The topological polar surface area (TPSA) is 106 Å². The van der Waals surface area contributed by atoms with Crippen molar-refractivity contribution < 1.29 is 14.3 Å². The average Bonchev–Trinajstić information content (AvgIpc) is 3.33. The first-order chi connectivity index (χ1) is 16.6. The van der Waals surface area contributed by atoms with Gasteiger partial charge in [-0.15, -0.1) is 10.2 Å². The molecule has 0 fully saturated rings. The molecule has 1 heterocycles. The number of hydrogen-bond acceptors (Lipinski definition) is 7. The number of carbonyl (C=O) groups excluding carboxylic acids is 2. The van der Waals surface area contributed by atoms with Crippen LogP contribution >= 0.6 is 11.3 Å². The van der Waals surface area contributed by atoms with Crippen LogP contribution in [0.15, 0.2) is 84.0 Å². The molecule has 0 bridgehead atoms. The van der Waals surface area contributed by atoms with Crippen LogP contribution in [-0.4, -0.2) is 28.2 Å². The van der Waals surface area contributed by atoms with Gasteiger partial charge in [-0.2, -0.15) is 5.10 Å². The predicted octanol–water partition coefficient (Wildman–Crippen LogP) is 4.18. The molecule has 3 aromatic carbocycles. The van der Waals surface area contributed by atoms with Gasteiger partial charge in [0.15, 0.2) is 0 Å². The van der Waals surface area contributed by atoms with Gasteiger partial charge in [0.2, 0.25) is 5.13 Å². The Labute approximate surface area is 200 Å². The number of amides is 2.